The molecule has 1 saturated carbocycles. The fourth-order valence-electron chi connectivity index (χ4n) is 2.67. The summed E-state index contributed by atoms with van der Waals surface area (Å²) in [4.78, 5) is 8.92. The summed E-state index contributed by atoms with van der Waals surface area (Å²) in [5, 5.41) is 15.5. The second kappa shape index (κ2) is 8.33. The van der Waals surface area contributed by atoms with Crippen molar-refractivity contribution in [2.45, 2.75) is 32.2 Å². The first-order chi connectivity index (χ1) is 12.7. The maximum atomic E-state index is 9.01. The molecule has 0 spiro atoms. The van der Waals surface area contributed by atoms with Crippen LogP contribution in [0.25, 0.3) is 0 Å². The number of hydrogen-bond donors (Lipinski definition) is 3. The molecule has 1 fully saturated rings. The lowest BCUT2D eigenvalue weighted by Gasteiger charge is -2.27. The molecule has 1 aliphatic carbocycles. The molecular formula is C20H22N6. The Hall–Kier alpha value is -3.09. The zero-order valence-electron chi connectivity index (χ0n) is 14.8. The Morgan fingerprint density at radius 1 is 1.35 bits per heavy atom. The molecule has 0 bridgehead atoms. The van der Waals surface area contributed by atoms with E-state index in [-0.39, 0.29) is 0 Å². The Morgan fingerprint density at radius 3 is 2.92 bits per heavy atom. The van der Waals surface area contributed by atoms with E-state index < -0.39 is 0 Å². The molecule has 0 radical (unpaired) electrons. The van der Waals surface area contributed by atoms with Gasteiger partial charge in [0.1, 0.15) is 5.82 Å². The van der Waals surface area contributed by atoms with Crippen LogP contribution in [0.2, 0.25) is 0 Å². The van der Waals surface area contributed by atoms with Crippen molar-refractivity contribution < 1.29 is 0 Å². The average Bonchev–Trinajstić information content (AvgIpc) is 2.63. The van der Waals surface area contributed by atoms with Gasteiger partial charge >= 0.3 is 0 Å². The predicted molar refractivity (Wildman–Crippen MR) is 103 cm³/mol. The van der Waals surface area contributed by atoms with Gasteiger partial charge in [-0.3, -0.25) is 0 Å². The lowest BCUT2D eigenvalue weighted by molar-refractivity contribution is 0.335. The van der Waals surface area contributed by atoms with Crippen molar-refractivity contribution in [3.05, 3.63) is 41.6 Å². The third-order valence-electron chi connectivity index (χ3n) is 4.16. The summed E-state index contributed by atoms with van der Waals surface area (Å²) in [6.45, 7) is 2.91. The van der Waals surface area contributed by atoms with Gasteiger partial charge in [0.2, 0.25) is 5.95 Å². The Bertz CT molecular complexity index is 868. The third-order valence-corrected chi connectivity index (χ3v) is 4.16. The first kappa shape index (κ1) is 17.7. The highest BCUT2D eigenvalue weighted by atomic mass is 15.1. The molecule has 1 heterocycles. The SMILES string of the molecule is CCCNc1nc(Nc2cccc(C#N)c2)ncc1C#CC1CC(N)C1. The highest BCUT2D eigenvalue weighted by molar-refractivity contribution is 5.60. The summed E-state index contributed by atoms with van der Waals surface area (Å²) in [5.74, 6) is 8.01. The number of hydrogen-bond acceptors (Lipinski definition) is 6. The highest BCUT2D eigenvalue weighted by Crippen LogP contribution is 2.25. The van der Waals surface area contributed by atoms with E-state index in [4.69, 9.17) is 11.0 Å². The van der Waals surface area contributed by atoms with Gasteiger partial charge in [0, 0.05) is 24.2 Å². The van der Waals surface area contributed by atoms with Crippen molar-refractivity contribution in [2.75, 3.05) is 17.2 Å². The van der Waals surface area contributed by atoms with Gasteiger partial charge in [-0.05, 0) is 37.5 Å². The minimum absolute atomic E-state index is 0.291. The van der Waals surface area contributed by atoms with E-state index in [9.17, 15) is 0 Å². The minimum Gasteiger partial charge on any atom is -0.369 e. The summed E-state index contributed by atoms with van der Waals surface area (Å²) in [5.41, 5.74) is 7.96. The van der Waals surface area contributed by atoms with E-state index >= 15 is 0 Å². The lowest BCUT2D eigenvalue weighted by Crippen LogP contribution is -2.35. The van der Waals surface area contributed by atoms with Crippen molar-refractivity contribution in [1.29, 1.82) is 5.26 Å². The van der Waals surface area contributed by atoms with Crippen LogP contribution in [0.5, 0.6) is 0 Å². The maximum absolute atomic E-state index is 9.01. The molecule has 1 aliphatic rings. The monoisotopic (exact) mass is 346 g/mol. The molecule has 0 amide bonds. The minimum atomic E-state index is 0.291. The first-order valence-electron chi connectivity index (χ1n) is 8.83. The normalized spacial score (nSPS) is 18.0. The molecule has 4 N–H and O–H groups in total. The molecule has 0 unspecified atom stereocenters. The van der Waals surface area contributed by atoms with E-state index in [0.717, 1.165) is 42.9 Å². The van der Waals surface area contributed by atoms with Crippen LogP contribution in [-0.2, 0) is 0 Å². The fraction of sp³-hybridized carbons (Fsp3) is 0.350. The molecule has 0 aliphatic heterocycles. The molecular weight excluding hydrogens is 324 g/mol. The predicted octanol–water partition coefficient (Wildman–Crippen LogP) is 3.00. The summed E-state index contributed by atoms with van der Waals surface area (Å²) in [7, 11) is 0. The number of nitrogens with zero attached hydrogens (tertiary/aromatic N) is 3. The Kier molecular flexibility index (Phi) is 5.68. The van der Waals surface area contributed by atoms with E-state index in [0.29, 0.717) is 23.5 Å². The van der Waals surface area contributed by atoms with Crippen LogP contribution in [-0.4, -0.2) is 22.6 Å². The second-order valence-electron chi connectivity index (χ2n) is 6.40. The number of rotatable bonds is 5. The van der Waals surface area contributed by atoms with Crippen molar-refractivity contribution in [3.63, 3.8) is 0 Å². The molecule has 6 nitrogen and oxygen atoms in total. The summed E-state index contributed by atoms with van der Waals surface area (Å²) in [6, 6.07) is 9.62. The largest absolute Gasteiger partial charge is 0.369 e. The molecule has 1 aromatic carbocycles. The van der Waals surface area contributed by atoms with Gasteiger partial charge in [-0.1, -0.05) is 24.8 Å². The Labute approximate surface area is 153 Å². The number of nitriles is 1. The molecule has 6 heteroatoms. The van der Waals surface area contributed by atoms with E-state index in [2.05, 4.69) is 45.4 Å². The molecule has 26 heavy (non-hydrogen) atoms. The van der Waals surface area contributed by atoms with Crippen molar-refractivity contribution >= 4 is 17.5 Å². The average molecular weight is 346 g/mol. The zero-order valence-corrected chi connectivity index (χ0v) is 14.8. The molecule has 0 atom stereocenters. The number of benzene rings is 1. The van der Waals surface area contributed by atoms with Gasteiger partial charge in [-0.2, -0.15) is 10.2 Å². The van der Waals surface area contributed by atoms with Gasteiger partial charge in [0.15, 0.2) is 0 Å². The number of aromatic nitrogens is 2. The Balaban J connectivity index is 1.79. The van der Waals surface area contributed by atoms with Gasteiger partial charge < -0.3 is 16.4 Å². The maximum Gasteiger partial charge on any atom is 0.229 e. The van der Waals surface area contributed by atoms with E-state index in [1.54, 1.807) is 18.3 Å². The van der Waals surface area contributed by atoms with Crippen LogP contribution >= 0.6 is 0 Å². The smallest absolute Gasteiger partial charge is 0.229 e. The van der Waals surface area contributed by atoms with Gasteiger partial charge in [0.25, 0.3) is 0 Å². The van der Waals surface area contributed by atoms with E-state index in [1.807, 2.05) is 12.1 Å². The van der Waals surface area contributed by atoms with Gasteiger partial charge in [-0.25, -0.2) is 4.98 Å². The van der Waals surface area contributed by atoms with Crippen molar-refractivity contribution in [1.82, 2.24) is 9.97 Å². The van der Waals surface area contributed by atoms with Gasteiger partial charge in [0.05, 0.1) is 23.4 Å². The first-order valence-corrected chi connectivity index (χ1v) is 8.83. The quantitative estimate of drug-likeness (QED) is 0.720. The Morgan fingerprint density at radius 2 is 2.19 bits per heavy atom. The van der Waals surface area contributed by atoms with Crippen LogP contribution in [0, 0.1) is 29.1 Å². The van der Waals surface area contributed by atoms with Crippen LogP contribution in [0.3, 0.4) is 0 Å². The summed E-state index contributed by atoms with van der Waals surface area (Å²) >= 11 is 0. The molecule has 2 aromatic rings. The standard InChI is InChI=1S/C20H22N6/c1-2-8-23-19-16(7-6-14-9-17(22)10-14)13-24-20(26-19)25-18-5-3-4-15(11-18)12-21/h3-5,11,13-14,17H,2,8-10,22H2,1H3,(H2,23,24,25,26). The van der Waals surface area contributed by atoms with Gasteiger partial charge in [-0.15, -0.1) is 0 Å². The molecule has 0 saturated heterocycles. The van der Waals surface area contributed by atoms with Crippen molar-refractivity contribution in [3.8, 4) is 17.9 Å². The van der Waals surface area contributed by atoms with Crippen LogP contribution in [0.1, 0.15) is 37.3 Å². The van der Waals surface area contributed by atoms with E-state index in [1.165, 1.54) is 0 Å². The number of nitrogens with two attached hydrogens (primary N) is 1. The van der Waals surface area contributed by atoms with Crippen molar-refractivity contribution in [2.24, 2.45) is 11.7 Å². The summed E-state index contributed by atoms with van der Waals surface area (Å²) in [6.07, 6.45) is 4.63. The summed E-state index contributed by atoms with van der Waals surface area (Å²) < 4.78 is 0. The molecule has 1 aromatic heterocycles. The lowest BCUT2D eigenvalue weighted by atomic mass is 9.81. The second-order valence-corrected chi connectivity index (χ2v) is 6.40. The topological polar surface area (TPSA) is 99.6 Å². The number of anilines is 3. The molecule has 132 valence electrons. The van der Waals surface area contributed by atoms with Crippen LogP contribution in [0.4, 0.5) is 17.5 Å². The third kappa shape index (κ3) is 4.50. The van der Waals surface area contributed by atoms with Crippen LogP contribution in [0.15, 0.2) is 30.5 Å². The fourth-order valence-corrected chi connectivity index (χ4v) is 2.67. The van der Waals surface area contributed by atoms with Crippen LogP contribution < -0.4 is 16.4 Å². The zero-order chi connectivity index (χ0) is 18.4. The molecule has 3 rings (SSSR count). The number of nitrogens with one attached hydrogen (secondary N) is 2. The highest BCUT2D eigenvalue weighted by Gasteiger charge is 2.23.